The molecule has 1 aromatic heterocycles. The van der Waals surface area contributed by atoms with Gasteiger partial charge in [-0.1, -0.05) is 18.2 Å². The molecule has 0 saturated heterocycles. The van der Waals surface area contributed by atoms with Crippen molar-refractivity contribution in [3.8, 4) is 17.4 Å². The van der Waals surface area contributed by atoms with Crippen LogP contribution in [0.3, 0.4) is 0 Å². The molecule has 0 radical (unpaired) electrons. The predicted molar refractivity (Wildman–Crippen MR) is 80.3 cm³/mol. The first-order chi connectivity index (χ1) is 10.1. The number of phenolic OH excluding ortho intramolecular Hbond substituents is 2. The van der Waals surface area contributed by atoms with Gasteiger partial charge in [0.25, 0.3) is 0 Å². The van der Waals surface area contributed by atoms with E-state index in [1.54, 1.807) is 18.3 Å². The Kier molecular flexibility index (Phi) is 5.00. The lowest BCUT2D eigenvalue weighted by molar-refractivity contribution is 0.229. The van der Waals surface area contributed by atoms with Gasteiger partial charge in [-0.05, 0) is 26.0 Å². The Morgan fingerprint density at radius 2 is 1.81 bits per heavy atom. The van der Waals surface area contributed by atoms with E-state index in [0.717, 1.165) is 5.56 Å². The third-order valence-electron chi connectivity index (χ3n) is 2.93. The van der Waals surface area contributed by atoms with E-state index in [9.17, 15) is 10.2 Å². The number of aromatic nitrogens is 1. The number of ether oxygens (including phenoxy) is 1. The van der Waals surface area contributed by atoms with Crippen molar-refractivity contribution >= 4 is 0 Å². The van der Waals surface area contributed by atoms with Gasteiger partial charge in [-0.15, -0.1) is 0 Å². The molecule has 112 valence electrons. The molecule has 2 aromatic rings. The summed E-state index contributed by atoms with van der Waals surface area (Å²) in [4.78, 5) is 4.22. The standard InChI is InChI=1S/C16H20N2O3/c1-11(2)21-16-13(6-4-8-18-16)10-17-9-12-5-3-7-14(19)15(12)20/h3-8,11,17,19-20H,9-10H2,1-2H3. The average molecular weight is 288 g/mol. The molecule has 0 bridgehead atoms. The lowest BCUT2D eigenvalue weighted by Gasteiger charge is -2.13. The Hall–Kier alpha value is -2.27. The molecule has 0 spiro atoms. The number of hydrogen-bond acceptors (Lipinski definition) is 5. The van der Waals surface area contributed by atoms with Crippen LogP contribution in [0.2, 0.25) is 0 Å². The minimum absolute atomic E-state index is 0.0637. The first-order valence-electron chi connectivity index (χ1n) is 6.89. The van der Waals surface area contributed by atoms with Gasteiger partial charge >= 0.3 is 0 Å². The number of rotatable bonds is 6. The maximum atomic E-state index is 9.74. The molecule has 0 aliphatic heterocycles. The molecule has 3 N–H and O–H groups in total. The monoisotopic (exact) mass is 288 g/mol. The van der Waals surface area contributed by atoms with Crippen LogP contribution in [0.5, 0.6) is 17.4 Å². The van der Waals surface area contributed by atoms with Gasteiger partial charge in [-0.3, -0.25) is 0 Å². The van der Waals surface area contributed by atoms with E-state index in [4.69, 9.17) is 4.74 Å². The van der Waals surface area contributed by atoms with Crippen LogP contribution >= 0.6 is 0 Å². The summed E-state index contributed by atoms with van der Waals surface area (Å²) >= 11 is 0. The summed E-state index contributed by atoms with van der Waals surface area (Å²) in [5.41, 5.74) is 1.59. The molecule has 0 aliphatic carbocycles. The molecule has 0 fully saturated rings. The first-order valence-corrected chi connectivity index (χ1v) is 6.89. The minimum atomic E-state index is -0.112. The zero-order valence-corrected chi connectivity index (χ0v) is 12.2. The second-order valence-electron chi connectivity index (χ2n) is 5.02. The number of para-hydroxylation sites is 1. The van der Waals surface area contributed by atoms with E-state index in [0.29, 0.717) is 24.5 Å². The fourth-order valence-corrected chi connectivity index (χ4v) is 1.94. The molecule has 21 heavy (non-hydrogen) atoms. The molecule has 0 amide bonds. The van der Waals surface area contributed by atoms with Gasteiger partial charge in [0.2, 0.25) is 5.88 Å². The second-order valence-corrected chi connectivity index (χ2v) is 5.02. The highest BCUT2D eigenvalue weighted by atomic mass is 16.5. The van der Waals surface area contributed by atoms with Crippen LogP contribution < -0.4 is 10.1 Å². The summed E-state index contributed by atoms with van der Waals surface area (Å²) in [6.07, 6.45) is 1.76. The number of pyridine rings is 1. The van der Waals surface area contributed by atoms with Crippen molar-refractivity contribution in [2.75, 3.05) is 0 Å². The highest BCUT2D eigenvalue weighted by molar-refractivity contribution is 5.44. The van der Waals surface area contributed by atoms with Gasteiger partial charge in [0.05, 0.1) is 6.10 Å². The zero-order valence-electron chi connectivity index (χ0n) is 12.2. The number of nitrogens with zero attached hydrogens (tertiary/aromatic N) is 1. The molecular formula is C16H20N2O3. The van der Waals surface area contributed by atoms with E-state index in [2.05, 4.69) is 10.3 Å². The lowest BCUT2D eigenvalue weighted by Crippen LogP contribution is -2.15. The molecular weight excluding hydrogens is 268 g/mol. The SMILES string of the molecule is CC(C)Oc1ncccc1CNCc1cccc(O)c1O. The number of phenols is 2. The summed E-state index contributed by atoms with van der Waals surface area (Å²) in [6, 6.07) is 8.71. The van der Waals surface area contributed by atoms with Crippen LogP contribution in [0.1, 0.15) is 25.0 Å². The van der Waals surface area contributed by atoms with Crippen molar-refractivity contribution in [2.24, 2.45) is 0 Å². The molecule has 0 unspecified atom stereocenters. The average Bonchev–Trinajstić information content (AvgIpc) is 2.45. The van der Waals surface area contributed by atoms with E-state index in [1.807, 2.05) is 26.0 Å². The van der Waals surface area contributed by atoms with E-state index in [1.165, 1.54) is 6.07 Å². The topological polar surface area (TPSA) is 74.6 Å². The fraction of sp³-hybridized carbons (Fsp3) is 0.312. The van der Waals surface area contributed by atoms with E-state index in [-0.39, 0.29) is 17.6 Å². The van der Waals surface area contributed by atoms with Crippen molar-refractivity contribution in [1.29, 1.82) is 0 Å². The van der Waals surface area contributed by atoms with Gasteiger partial charge in [0, 0.05) is 30.4 Å². The lowest BCUT2D eigenvalue weighted by atomic mass is 10.2. The highest BCUT2D eigenvalue weighted by Gasteiger charge is 2.08. The molecule has 0 atom stereocenters. The summed E-state index contributed by atoms with van der Waals surface area (Å²) < 4.78 is 5.65. The van der Waals surface area contributed by atoms with Gasteiger partial charge in [0.15, 0.2) is 11.5 Å². The van der Waals surface area contributed by atoms with Gasteiger partial charge in [0.1, 0.15) is 0 Å². The molecule has 0 saturated carbocycles. The number of benzene rings is 1. The molecule has 5 nitrogen and oxygen atoms in total. The van der Waals surface area contributed by atoms with Crippen LogP contribution in [0.25, 0.3) is 0 Å². The fourth-order valence-electron chi connectivity index (χ4n) is 1.94. The van der Waals surface area contributed by atoms with Gasteiger partial charge < -0.3 is 20.3 Å². The molecule has 5 heteroatoms. The third kappa shape index (κ3) is 4.10. The van der Waals surface area contributed by atoms with Crippen LogP contribution in [-0.4, -0.2) is 21.3 Å². The molecule has 1 heterocycles. The summed E-state index contributed by atoms with van der Waals surface area (Å²) in [7, 11) is 0. The van der Waals surface area contributed by atoms with Crippen molar-refractivity contribution in [3.63, 3.8) is 0 Å². The zero-order chi connectivity index (χ0) is 15.2. The number of hydrogen-bond donors (Lipinski definition) is 3. The third-order valence-corrected chi connectivity index (χ3v) is 2.93. The van der Waals surface area contributed by atoms with Crippen LogP contribution in [0, 0.1) is 0 Å². The first kappa shape index (κ1) is 15.1. The van der Waals surface area contributed by atoms with Gasteiger partial charge in [-0.25, -0.2) is 4.98 Å². The Morgan fingerprint density at radius 3 is 2.57 bits per heavy atom. The van der Waals surface area contributed by atoms with E-state index >= 15 is 0 Å². The van der Waals surface area contributed by atoms with Crippen molar-refractivity contribution < 1.29 is 14.9 Å². The largest absolute Gasteiger partial charge is 0.504 e. The van der Waals surface area contributed by atoms with Crippen molar-refractivity contribution in [2.45, 2.75) is 33.0 Å². The Balaban J connectivity index is 1.99. The van der Waals surface area contributed by atoms with Crippen LogP contribution in [-0.2, 0) is 13.1 Å². The number of aromatic hydroxyl groups is 2. The normalized spacial score (nSPS) is 10.8. The molecule has 2 rings (SSSR count). The maximum absolute atomic E-state index is 9.74. The van der Waals surface area contributed by atoms with Crippen LogP contribution in [0.15, 0.2) is 36.5 Å². The summed E-state index contributed by atoms with van der Waals surface area (Å²) in [5, 5.41) is 22.4. The smallest absolute Gasteiger partial charge is 0.218 e. The van der Waals surface area contributed by atoms with Crippen molar-refractivity contribution in [3.05, 3.63) is 47.7 Å². The number of nitrogens with one attached hydrogen (secondary N) is 1. The maximum Gasteiger partial charge on any atom is 0.218 e. The Bertz CT molecular complexity index is 600. The Morgan fingerprint density at radius 1 is 1.10 bits per heavy atom. The van der Waals surface area contributed by atoms with E-state index < -0.39 is 0 Å². The van der Waals surface area contributed by atoms with Crippen LogP contribution in [0.4, 0.5) is 0 Å². The van der Waals surface area contributed by atoms with Crippen molar-refractivity contribution in [1.82, 2.24) is 10.3 Å². The highest BCUT2D eigenvalue weighted by Crippen LogP contribution is 2.28. The molecule has 1 aromatic carbocycles. The minimum Gasteiger partial charge on any atom is -0.504 e. The Labute approximate surface area is 124 Å². The quantitative estimate of drug-likeness (QED) is 0.712. The second kappa shape index (κ2) is 6.95. The predicted octanol–water partition coefficient (Wildman–Crippen LogP) is 2.57. The summed E-state index contributed by atoms with van der Waals surface area (Å²) in [5.74, 6) is 0.412. The van der Waals surface area contributed by atoms with Gasteiger partial charge in [-0.2, -0.15) is 0 Å². The summed E-state index contributed by atoms with van der Waals surface area (Å²) in [6.45, 7) is 4.91. The molecule has 0 aliphatic rings.